The maximum absolute atomic E-state index is 13.4. The van der Waals surface area contributed by atoms with Crippen LogP contribution in [0.2, 0.25) is 0 Å². The lowest BCUT2D eigenvalue weighted by Gasteiger charge is -2.42. The predicted molar refractivity (Wildman–Crippen MR) is 109 cm³/mol. The van der Waals surface area contributed by atoms with Gasteiger partial charge in [-0.15, -0.1) is 0 Å². The molecular formula is C22H33N3O3. The molecule has 2 heterocycles. The number of carbonyl (C=O) groups excluding carboxylic acids is 2. The summed E-state index contributed by atoms with van der Waals surface area (Å²) >= 11 is 0. The van der Waals surface area contributed by atoms with Crippen LogP contribution in [-0.4, -0.2) is 62.0 Å². The molecule has 6 nitrogen and oxygen atoms in total. The average molecular weight is 388 g/mol. The summed E-state index contributed by atoms with van der Waals surface area (Å²) in [6.45, 7) is 5.79. The lowest BCUT2D eigenvalue weighted by Crippen LogP contribution is -2.49. The number of likely N-dealkylation sites (tertiary alicyclic amines) is 2. The van der Waals surface area contributed by atoms with E-state index in [1.54, 1.807) is 12.0 Å². The van der Waals surface area contributed by atoms with Gasteiger partial charge in [0.2, 0.25) is 11.8 Å². The van der Waals surface area contributed by atoms with E-state index in [2.05, 4.69) is 12.2 Å². The highest BCUT2D eigenvalue weighted by atomic mass is 16.5. The van der Waals surface area contributed by atoms with Crippen molar-refractivity contribution < 1.29 is 14.3 Å². The van der Waals surface area contributed by atoms with E-state index in [9.17, 15) is 9.59 Å². The zero-order valence-corrected chi connectivity index (χ0v) is 17.3. The summed E-state index contributed by atoms with van der Waals surface area (Å²) < 4.78 is 5.25. The number of methoxy groups -OCH3 is 1. The van der Waals surface area contributed by atoms with E-state index in [1.165, 1.54) is 0 Å². The van der Waals surface area contributed by atoms with E-state index in [0.29, 0.717) is 18.8 Å². The summed E-state index contributed by atoms with van der Waals surface area (Å²) in [5.41, 5.74) is 0.997. The Bertz CT molecular complexity index is 668. The van der Waals surface area contributed by atoms with Crippen molar-refractivity contribution in [3.8, 4) is 5.75 Å². The van der Waals surface area contributed by atoms with Crippen molar-refractivity contribution in [1.82, 2.24) is 15.1 Å². The van der Waals surface area contributed by atoms with Crippen molar-refractivity contribution in [2.75, 3.05) is 40.3 Å². The smallest absolute Gasteiger partial charge is 0.228 e. The lowest BCUT2D eigenvalue weighted by molar-refractivity contribution is -0.147. The van der Waals surface area contributed by atoms with Crippen LogP contribution in [0.25, 0.3) is 0 Å². The monoisotopic (exact) mass is 387 g/mol. The minimum Gasteiger partial charge on any atom is -0.497 e. The van der Waals surface area contributed by atoms with Crippen LogP contribution < -0.4 is 10.1 Å². The maximum Gasteiger partial charge on any atom is 0.228 e. The third-order valence-corrected chi connectivity index (χ3v) is 6.24. The zero-order valence-electron chi connectivity index (χ0n) is 17.3. The van der Waals surface area contributed by atoms with Gasteiger partial charge in [-0.2, -0.15) is 0 Å². The molecule has 2 amide bonds. The molecule has 6 heteroatoms. The van der Waals surface area contributed by atoms with Gasteiger partial charge in [0.15, 0.2) is 0 Å². The Kier molecular flexibility index (Phi) is 6.94. The van der Waals surface area contributed by atoms with Gasteiger partial charge in [0, 0.05) is 26.6 Å². The van der Waals surface area contributed by atoms with Crippen LogP contribution in [0, 0.1) is 11.8 Å². The number of amides is 2. The quantitative estimate of drug-likeness (QED) is 0.815. The van der Waals surface area contributed by atoms with Gasteiger partial charge >= 0.3 is 0 Å². The van der Waals surface area contributed by atoms with E-state index >= 15 is 0 Å². The minimum absolute atomic E-state index is 0.106. The standard InChI is InChI=1S/C22H33N3O3/c1-4-23-15-16-11-13-25(14-12-16)22(27)19-9-10-20(26)24(2)21(19)17-5-7-18(28-3)8-6-17/h5-8,16,19,21,23H,4,9-15H2,1-3H3. The molecule has 154 valence electrons. The third-order valence-electron chi connectivity index (χ3n) is 6.24. The second-order valence-corrected chi connectivity index (χ2v) is 7.94. The molecule has 2 aliphatic heterocycles. The molecule has 1 aromatic rings. The summed E-state index contributed by atoms with van der Waals surface area (Å²) in [5, 5.41) is 3.42. The number of ether oxygens (including phenoxy) is 1. The Morgan fingerprint density at radius 1 is 1.18 bits per heavy atom. The fourth-order valence-electron chi connectivity index (χ4n) is 4.49. The first-order valence-corrected chi connectivity index (χ1v) is 10.4. The number of hydrogen-bond acceptors (Lipinski definition) is 4. The highest BCUT2D eigenvalue weighted by molar-refractivity contribution is 5.85. The van der Waals surface area contributed by atoms with Crippen molar-refractivity contribution in [3.63, 3.8) is 0 Å². The molecule has 1 N–H and O–H groups in total. The van der Waals surface area contributed by atoms with Crippen molar-refractivity contribution in [2.45, 2.75) is 38.6 Å². The van der Waals surface area contributed by atoms with Crippen LogP contribution >= 0.6 is 0 Å². The summed E-state index contributed by atoms with van der Waals surface area (Å²) in [6.07, 6.45) is 3.16. The Morgan fingerprint density at radius 2 is 1.86 bits per heavy atom. The van der Waals surface area contributed by atoms with Gasteiger partial charge in [0.25, 0.3) is 0 Å². The number of rotatable bonds is 6. The predicted octanol–water partition coefficient (Wildman–Crippen LogP) is 2.45. The van der Waals surface area contributed by atoms with Crippen LogP contribution in [-0.2, 0) is 9.59 Å². The number of piperidine rings is 2. The molecule has 0 aromatic heterocycles. The molecule has 2 fully saturated rings. The van der Waals surface area contributed by atoms with Crippen LogP contribution in [0.5, 0.6) is 5.75 Å². The molecule has 0 bridgehead atoms. The van der Waals surface area contributed by atoms with E-state index in [1.807, 2.05) is 36.2 Å². The van der Waals surface area contributed by atoms with Gasteiger partial charge in [-0.25, -0.2) is 0 Å². The molecule has 0 spiro atoms. The first-order chi connectivity index (χ1) is 13.5. The highest BCUT2D eigenvalue weighted by Crippen LogP contribution is 2.38. The molecule has 0 saturated carbocycles. The minimum atomic E-state index is -0.209. The van der Waals surface area contributed by atoms with E-state index in [-0.39, 0.29) is 23.8 Å². The SMILES string of the molecule is CCNCC1CCN(C(=O)C2CCC(=O)N(C)C2c2ccc(OC)cc2)CC1. The lowest BCUT2D eigenvalue weighted by atomic mass is 9.83. The van der Waals surface area contributed by atoms with Gasteiger partial charge in [-0.1, -0.05) is 19.1 Å². The Labute approximate surface area is 168 Å². The first-order valence-electron chi connectivity index (χ1n) is 10.4. The van der Waals surface area contributed by atoms with E-state index < -0.39 is 0 Å². The van der Waals surface area contributed by atoms with Crippen molar-refractivity contribution in [1.29, 1.82) is 0 Å². The molecule has 1 aromatic carbocycles. The number of nitrogens with one attached hydrogen (secondary N) is 1. The largest absolute Gasteiger partial charge is 0.497 e. The molecule has 2 unspecified atom stereocenters. The number of nitrogens with zero attached hydrogens (tertiary/aromatic N) is 2. The fraction of sp³-hybridized carbons (Fsp3) is 0.636. The second-order valence-electron chi connectivity index (χ2n) is 7.94. The number of benzene rings is 1. The molecule has 0 aliphatic carbocycles. The summed E-state index contributed by atoms with van der Waals surface area (Å²) in [6, 6.07) is 7.54. The van der Waals surface area contributed by atoms with Crippen molar-refractivity contribution >= 4 is 11.8 Å². The zero-order chi connectivity index (χ0) is 20.1. The molecule has 28 heavy (non-hydrogen) atoms. The maximum atomic E-state index is 13.4. The van der Waals surface area contributed by atoms with Crippen LogP contribution in [0.1, 0.15) is 44.2 Å². The third kappa shape index (κ3) is 4.49. The molecule has 3 rings (SSSR count). The Balaban J connectivity index is 1.72. The molecule has 2 atom stereocenters. The van der Waals surface area contributed by atoms with Gasteiger partial charge in [-0.3, -0.25) is 9.59 Å². The normalized spacial score (nSPS) is 23.8. The average Bonchev–Trinajstić information content (AvgIpc) is 2.74. The topological polar surface area (TPSA) is 61.9 Å². The summed E-state index contributed by atoms with van der Waals surface area (Å²) in [7, 11) is 3.45. The number of hydrogen-bond donors (Lipinski definition) is 1. The Morgan fingerprint density at radius 3 is 2.46 bits per heavy atom. The van der Waals surface area contributed by atoms with Crippen LogP contribution in [0.4, 0.5) is 0 Å². The van der Waals surface area contributed by atoms with Gasteiger partial charge in [0.05, 0.1) is 19.1 Å². The molecule has 2 saturated heterocycles. The van der Waals surface area contributed by atoms with Gasteiger partial charge in [-0.05, 0) is 56.0 Å². The Hall–Kier alpha value is -2.08. The molecule has 0 radical (unpaired) electrons. The summed E-state index contributed by atoms with van der Waals surface area (Å²) in [4.78, 5) is 29.5. The molecule has 2 aliphatic rings. The van der Waals surface area contributed by atoms with E-state index in [4.69, 9.17) is 4.74 Å². The van der Waals surface area contributed by atoms with Crippen molar-refractivity contribution in [2.24, 2.45) is 11.8 Å². The summed E-state index contributed by atoms with van der Waals surface area (Å²) in [5.74, 6) is 1.55. The van der Waals surface area contributed by atoms with Crippen molar-refractivity contribution in [3.05, 3.63) is 29.8 Å². The second kappa shape index (κ2) is 9.41. The highest BCUT2D eigenvalue weighted by Gasteiger charge is 2.41. The van der Waals surface area contributed by atoms with Crippen LogP contribution in [0.3, 0.4) is 0 Å². The number of carbonyl (C=O) groups is 2. The van der Waals surface area contributed by atoms with Gasteiger partial charge in [0.1, 0.15) is 5.75 Å². The van der Waals surface area contributed by atoms with E-state index in [0.717, 1.165) is 50.3 Å². The fourth-order valence-corrected chi connectivity index (χ4v) is 4.49. The first kappa shape index (κ1) is 20.6. The van der Waals surface area contributed by atoms with Crippen LogP contribution in [0.15, 0.2) is 24.3 Å². The molecular weight excluding hydrogens is 354 g/mol. The van der Waals surface area contributed by atoms with Gasteiger partial charge < -0.3 is 19.9 Å².